The molecule has 1 unspecified atom stereocenters. The number of aromatic nitrogens is 1. The van der Waals surface area contributed by atoms with Crippen LogP contribution in [0.5, 0.6) is 5.75 Å². The monoisotopic (exact) mass is 433 g/mol. The third-order valence-corrected chi connectivity index (χ3v) is 6.95. The summed E-state index contributed by atoms with van der Waals surface area (Å²) in [4.78, 5) is 17.8. The van der Waals surface area contributed by atoms with E-state index < -0.39 is 5.60 Å². The van der Waals surface area contributed by atoms with Crippen molar-refractivity contribution < 1.29 is 10.2 Å². The van der Waals surface area contributed by atoms with Crippen LogP contribution in [0.25, 0.3) is 16.5 Å². The number of nitrogens with zero attached hydrogens (tertiary/aromatic N) is 3. The number of anilines is 1. The molecule has 2 aromatic carbocycles. The van der Waals surface area contributed by atoms with E-state index in [1.54, 1.807) is 29.0 Å². The summed E-state index contributed by atoms with van der Waals surface area (Å²) in [6.07, 6.45) is 4.12. The summed E-state index contributed by atoms with van der Waals surface area (Å²) >= 11 is 0. The summed E-state index contributed by atoms with van der Waals surface area (Å²) in [5.41, 5.74) is 1.59. The van der Waals surface area contributed by atoms with Crippen molar-refractivity contribution in [3.05, 3.63) is 65.1 Å². The number of phenolic OH excluding ortho intramolecular Hbond substituents is 1. The Morgan fingerprint density at radius 3 is 2.44 bits per heavy atom. The minimum Gasteiger partial charge on any atom is -0.508 e. The number of hydrogen-bond donors (Lipinski definition) is 2. The second-order valence-electron chi connectivity index (χ2n) is 10.2. The lowest BCUT2D eigenvalue weighted by Crippen LogP contribution is -2.39. The van der Waals surface area contributed by atoms with Gasteiger partial charge in [-0.2, -0.15) is 0 Å². The van der Waals surface area contributed by atoms with Gasteiger partial charge in [-0.15, -0.1) is 0 Å². The normalized spacial score (nSPS) is 21.8. The van der Waals surface area contributed by atoms with E-state index in [1.165, 1.54) is 18.5 Å². The quantitative estimate of drug-likeness (QED) is 0.660. The molecule has 6 heteroatoms. The fraction of sp³-hybridized carbons (Fsp3) is 0.423. The maximum Gasteiger partial charge on any atom is 0.262 e. The van der Waals surface area contributed by atoms with E-state index in [-0.39, 0.29) is 11.3 Å². The zero-order chi connectivity index (χ0) is 22.5. The van der Waals surface area contributed by atoms with Crippen LogP contribution < -0.4 is 10.5 Å². The molecular formula is C26H31N3O3. The van der Waals surface area contributed by atoms with Gasteiger partial charge in [0.15, 0.2) is 0 Å². The standard InChI is InChI=1S/C26H31N3O3/c1-25(2,32)16-27-13-10-26(17-27)11-14-28(18-26)20-3-5-21(6-4-20)29-12-9-19-15-22(30)7-8-23(19)24(29)31/h3-9,12,15,30,32H,10-11,13-14,16-18H2,1-2H3. The number of rotatable bonds is 4. The van der Waals surface area contributed by atoms with Crippen LogP contribution in [0.1, 0.15) is 26.7 Å². The van der Waals surface area contributed by atoms with Crippen LogP contribution in [0.2, 0.25) is 0 Å². The molecule has 2 N–H and O–H groups in total. The highest BCUT2D eigenvalue weighted by molar-refractivity contribution is 5.83. The Hall–Kier alpha value is -2.83. The minimum atomic E-state index is -0.652. The molecule has 0 amide bonds. The predicted molar refractivity (Wildman–Crippen MR) is 128 cm³/mol. The Balaban J connectivity index is 1.32. The smallest absolute Gasteiger partial charge is 0.262 e. The van der Waals surface area contributed by atoms with Crippen LogP contribution >= 0.6 is 0 Å². The first-order chi connectivity index (χ1) is 15.2. The van der Waals surface area contributed by atoms with Crippen molar-refractivity contribution in [3.8, 4) is 11.4 Å². The molecule has 0 radical (unpaired) electrons. The average Bonchev–Trinajstić information content (AvgIpc) is 3.33. The third-order valence-electron chi connectivity index (χ3n) is 6.95. The number of benzene rings is 2. The van der Waals surface area contributed by atoms with E-state index in [2.05, 4.69) is 21.9 Å². The van der Waals surface area contributed by atoms with Crippen molar-refractivity contribution in [1.82, 2.24) is 9.47 Å². The summed E-state index contributed by atoms with van der Waals surface area (Å²) in [5, 5.41) is 21.1. The van der Waals surface area contributed by atoms with E-state index in [9.17, 15) is 15.0 Å². The second kappa shape index (κ2) is 7.64. The average molecular weight is 434 g/mol. The molecule has 1 spiro atoms. The van der Waals surface area contributed by atoms with Crippen molar-refractivity contribution in [2.45, 2.75) is 32.3 Å². The van der Waals surface area contributed by atoms with Gasteiger partial charge in [-0.25, -0.2) is 0 Å². The highest BCUT2D eigenvalue weighted by Crippen LogP contribution is 2.41. The number of β-amino-alcohol motifs (C(OH)–C–C–N with tert-alkyl or cyclic N) is 1. The highest BCUT2D eigenvalue weighted by atomic mass is 16.3. The number of fused-ring (bicyclic) bond motifs is 1. The van der Waals surface area contributed by atoms with Gasteiger partial charge in [0.05, 0.1) is 5.60 Å². The number of hydrogen-bond acceptors (Lipinski definition) is 5. The van der Waals surface area contributed by atoms with E-state index in [0.717, 1.165) is 43.8 Å². The fourth-order valence-electron chi connectivity index (χ4n) is 5.46. The minimum absolute atomic E-state index is 0.0896. The molecular weight excluding hydrogens is 402 g/mol. The number of aromatic hydroxyl groups is 1. The van der Waals surface area contributed by atoms with Crippen LogP contribution in [0.3, 0.4) is 0 Å². The maximum absolute atomic E-state index is 12.9. The number of aliphatic hydroxyl groups is 1. The molecule has 2 saturated heterocycles. The van der Waals surface area contributed by atoms with Crippen molar-refractivity contribution in [3.63, 3.8) is 0 Å². The Morgan fingerprint density at radius 1 is 0.969 bits per heavy atom. The summed E-state index contributed by atoms with van der Waals surface area (Å²) in [7, 11) is 0. The Bertz CT molecular complexity index is 1200. The zero-order valence-electron chi connectivity index (χ0n) is 18.8. The summed E-state index contributed by atoms with van der Waals surface area (Å²) in [6, 6.07) is 14.9. The number of phenols is 1. The van der Waals surface area contributed by atoms with Crippen molar-refractivity contribution in [1.29, 1.82) is 0 Å². The molecule has 2 aliphatic rings. The Labute approximate surface area is 188 Å². The van der Waals surface area contributed by atoms with E-state index in [4.69, 9.17) is 0 Å². The highest BCUT2D eigenvalue weighted by Gasteiger charge is 2.44. The molecule has 6 nitrogen and oxygen atoms in total. The largest absolute Gasteiger partial charge is 0.508 e. The molecule has 0 saturated carbocycles. The van der Waals surface area contributed by atoms with E-state index in [0.29, 0.717) is 10.8 Å². The van der Waals surface area contributed by atoms with Gasteiger partial charge < -0.3 is 15.1 Å². The molecule has 0 bridgehead atoms. The van der Waals surface area contributed by atoms with Gasteiger partial charge in [-0.3, -0.25) is 14.3 Å². The molecule has 3 heterocycles. The SMILES string of the molecule is CC(C)(O)CN1CCC2(CCN(c3ccc(-n4ccc5cc(O)ccc5c4=O)cc3)C2)C1. The van der Waals surface area contributed by atoms with Gasteiger partial charge in [0.1, 0.15) is 5.75 Å². The molecule has 2 fully saturated rings. The lowest BCUT2D eigenvalue weighted by Gasteiger charge is -2.28. The molecule has 5 rings (SSSR count). The van der Waals surface area contributed by atoms with Crippen LogP contribution in [0.4, 0.5) is 5.69 Å². The molecule has 2 aliphatic heterocycles. The Kier molecular flexibility index (Phi) is 5.02. The van der Waals surface area contributed by atoms with Gasteiger partial charge >= 0.3 is 0 Å². The van der Waals surface area contributed by atoms with Crippen LogP contribution in [0.15, 0.2) is 59.5 Å². The van der Waals surface area contributed by atoms with Crippen LogP contribution in [-0.2, 0) is 0 Å². The molecule has 32 heavy (non-hydrogen) atoms. The summed E-state index contributed by atoms with van der Waals surface area (Å²) in [6.45, 7) is 8.66. The maximum atomic E-state index is 12.9. The van der Waals surface area contributed by atoms with Gasteiger partial charge in [-0.05, 0) is 87.2 Å². The fourth-order valence-corrected chi connectivity index (χ4v) is 5.46. The van der Waals surface area contributed by atoms with Gasteiger partial charge in [0.25, 0.3) is 5.56 Å². The van der Waals surface area contributed by atoms with Crippen molar-refractivity contribution in [2.75, 3.05) is 37.6 Å². The summed E-state index contributed by atoms with van der Waals surface area (Å²) in [5.74, 6) is 0.160. The predicted octanol–water partition coefficient (Wildman–Crippen LogP) is 3.37. The topological polar surface area (TPSA) is 68.9 Å². The van der Waals surface area contributed by atoms with E-state index in [1.807, 2.05) is 32.0 Å². The first kappa shape index (κ1) is 21.0. The second-order valence-corrected chi connectivity index (χ2v) is 10.2. The number of pyridine rings is 1. The summed E-state index contributed by atoms with van der Waals surface area (Å²) < 4.78 is 1.65. The molecule has 168 valence electrons. The molecule has 3 aromatic rings. The van der Waals surface area contributed by atoms with Crippen molar-refractivity contribution >= 4 is 16.5 Å². The van der Waals surface area contributed by atoms with Crippen LogP contribution in [-0.4, -0.2) is 58.0 Å². The van der Waals surface area contributed by atoms with Gasteiger partial charge in [0, 0.05) is 54.6 Å². The zero-order valence-corrected chi connectivity index (χ0v) is 18.8. The molecule has 0 aliphatic carbocycles. The first-order valence-electron chi connectivity index (χ1n) is 11.4. The van der Waals surface area contributed by atoms with Crippen LogP contribution in [0, 0.1) is 5.41 Å². The first-order valence-corrected chi connectivity index (χ1v) is 11.4. The Morgan fingerprint density at radius 2 is 1.69 bits per heavy atom. The lowest BCUT2D eigenvalue weighted by atomic mass is 9.86. The number of likely N-dealkylation sites (tertiary alicyclic amines) is 1. The van der Waals surface area contributed by atoms with Crippen molar-refractivity contribution in [2.24, 2.45) is 5.41 Å². The van der Waals surface area contributed by atoms with Gasteiger partial charge in [0.2, 0.25) is 0 Å². The molecule has 1 aromatic heterocycles. The third kappa shape index (κ3) is 4.00. The molecule has 1 atom stereocenters. The van der Waals surface area contributed by atoms with Gasteiger partial charge in [-0.1, -0.05) is 0 Å². The lowest BCUT2D eigenvalue weighted by molar-refractivity contribution is 0.0408. The van der Waals surface area contributed by atoms with E-state index >= 15 is 0 Å².